The second kappa shape index (κ2) is 7.17. The van der Waals surface area contributed by atoms with Crippen molar-refractivity contribution in [1.82, 2.24) is 9.55 Å². The van der Waals surface area contributed by atoms with Crippen LogP contribution < -0.4 is 4.74 Å². The van der Waals surface area contributed by atoms with Crippen molar-refractivity contribution in [2.24, 2.45) is 0 Å². The summed E-state index contributed by atoms with van der Waals surface area (Å²) in [5.41, 5.74) is 1.06. The van der Waals surface area contributed by atoms with Gasteiger partial charge in [-0.3, -0.25) is 9.78 Å². The van der Waals surface area contributed by atoms with Gasteiger partial charge in [0.15, 0.2) is 11.6 Å². The maximum Gasteiger partial charge on any atom is 0.377 e. The first-order valence-corrected chi connectivity index (χ1v) is 8.44. The molecule has 140 valence electrons. The summed E-state index contributed by atoms with van der Waals surface area (Å²) in [6.07, 6.45) is 1.41. The first-order chi connectivity index (χ1) is 12.7. The quantitative estimate of drug-likeness (QED) is 0.505. The predicted molar refractivity (Wildman–Crippen MR) is 98.5 cm³/mol. The first kappa shape index (κ1) is 19.1. The van der Waals surface area contributed by atoms with Crippen molar-refractivity contribution < 1.29 is 23.8 Å². The van der Waals surface area contributed by atoms with Crippen LogP contribution >= 0.6 is 23.2 Å². The highest BCUT2D eigenvalue weighted by Gasteiger charge is 2.26. The van der Waals surface area contributed by atoms with Gasteiger partial charge in [-0.2, -0.15) is 0 Å². The SMILES string of the molecule is COc1cc2c(C(=O)C(=O)O)c(C)n(Cc3ncc(Cl)cc3Cl)c2cc1F. The number of hydrogen-bond acceptors (Lipinski definition) is 4. The van der Waals surface area contributed by atoms with Crippen LogP contribution in [0.25, 0.3) is 10.9 Å². The number of hydrogen-bond donors (Lipinski definition) is 1. The molecule has 0 saturated heterocycles. The Kier molecular flexibility index (Phi) is 5.08. The van der Waals surface area contributed by atoms with Gasteiger partial charge in [-0.15, -0.1) is 0 Å². The average molecular weight is 411 g/mol. The van der Waals surface area contributed by atoms with Crippen molar-refractivity contribution in [1.29, 1.82) is 0 Å². The smallest absolute Gasteiger partial charge is 0.377 e. The molecular formula is C18H13Cl2FN2O4. The lowest BCUT2D eigenvalue weighted by Crippen LogP contribution is -2.14. The molecule has 0 aliphatic heterocycles. The molecule has 9 heteroatoms. The van der Waals surface area contributed by atoms with Crippen LogP contribution in [0.5, 0.6) is 5.75 Å². The topological polar surface area (TPSA) is 81.4 Å². The fourth-order valence-electron chi connectivity index (χ4n) is 2.94. The molecule has 0 aliphatic carbocycles. The van der Waals surface area contributed by atoms with Gasteiger partial charge >= 0.3 is 5.97 Å². The second-order valence-corrected chi connectivity index (χ2v) is 6.61. The number of pyridine rings is 1. The number of carbonyl (C=O) groups is 2. The van der Waals surface area contributed by atoms with Crippen molar-refractivity contribution in [2.75, 3.05) is 7.11 Å². The van der Waals surface area contributed by atoms with Crippen molar-refractivity contribution in [3.63, 3.8) is 0 Å². The molecular weight excluding hydrogens is 398 g/mol. The van der Waals surface area contributed by atoms with Gasteiger partial charge in [0.25, 0.3) is 5.78 Å². The fourth-order valence-corrected chi connectivity index (χ4v) is 3.38. The summed E-state index contributed by atoms with van der Waals surface area (Å²) in [7, 11) is 1.28. The van der Waals surface area contributed by atoms with Crippen LogP contribution in [0.4, 0.5) is 4.39 Å². The zero-order chi connectivity index (χ0) is 19.9. The van der Waals surface area contributed by atoms with Gasteiger partial charge in [0.1, 0.15) is 0 Å². The molecule has 3 aromatic rings. The molecule has 0 amide bonds. The number of rotatable bonds is 5. The summed E-state index contributed by atoms with van der Waals surface area (Å²) in [5, 5.41) is 10.1. The number of halogens is 3. The van der Waals surface area contributed by atoms with Gasteiger partial charge in [0.2, 0.25) is 0 Å². The molecule has 2 heterocycles. The van der Waals surface area contributed by atoms with Crippen LogP contribution in [0.3, 0.4) is 0 Å². The first-order valence-electron chi connectivity index (χ1n) is 7.68. The van der Waals surface area contributed by atoms with E-state index in [-0.39, 0.29) is 23.2 Å². The standard InChI is InChI=1S/C18H13Cl2FN2O4/c1-8-16(17(24)18(25)26)10-4-15(27-2)12(21)5-14(10)23(8)7-13-11(20)3-9(19)6-22-13/h3-6H,7H2,1-2H3,(H,25,26). The highest BCUT2D eigenvalue weighted by atomic mass is 35.5. The molecule has 0 radical (unpaired) electrons. The summed E-state index contributed by atoms with van der Waals surface area (Å²) in [5.74, 6) is -3.45. The third-order valence-corrected chi connectivity index (χ3v) is 4.74. The predicted octanol–water partition coefficient (Wildman–Crippen LogP) is 4.11. The van der Waals surface area contributed by atoms with Gasteiger partial charge in [-0.05, 0) is 19.1 Å². The summed E-state index contributed by atoms with van der Waals surface area (Å²) in [6.45, 7) is 1.67. The largest absolute Gasteiger partial charge is 0.494 e. The third kappa shape index (κ3) is 3.36. The van der Waals surface area contributed by atoms with E-state index in [1.54, 1.807) is 11.5 Å². The molecule has 3 rings (SSSR count). The van der Waals surface area contributed by atoms with Gasteiger partial charge in [-0.1, -0.05) is 23.2 Å². The highest BCUT2D eigenvalue weighted by molar-refractivity contribution is 6.42. The zero-order valence-corrected chi connectivity index (χ0v) is 15.7. The molecule has 0 saturated carbocycles. The van der Waals surface area contributed by atoms with Crippen LogP contribution in [-0.2, 0) is 11.3 Å². The Bertz CT molecular complexity index is 1090. The Balaban J connectivity index is 2.28. The molecule has 2 aromatic heterocycles. The number of aliphatic carboxylic acids is 1. The number of Topliss-reactive ketones (excluding diaryl/α,β-unsaturated/α-hetero) is 1. The van der Waals surface area contributed by atoms with Gasteiger partial charge in [0.05, 0.1) is 40.5 Å². The van der Waals surface area contributed by atoms with E-state index < -0.39 is 17.6 Å². The maximum absolute atomic E-state index is 14.3. The molecule has 0 atom stereocenters. The summed E-state index contributed by atoms with van der Waals surface area (Å²) in [6, 6.07) is 4.00. The minimum atomic E-state index is -1.61. The monoisotopic (exact) mass is 410 g/mol. The fraction of sp³-hybridized carbons (Fsp3) is 0.167. The Morgan fingerprint density at radius 2 is 2.00 bits per heavy atom. The Labute approximate surface area is 163 Å². The number of carbonyl (C=O) groups excluding carboxylic acids is 1. The maximum atomic E-state index is 14.3. The minimum absolute atomic E-state index is 0.0408. The Morgan fingerprint density at radius 1 is 1.30 bits per heavy atom. The minimum Gasteiger partial charge on any atom is -0.494 e. The number of carboxylic acid groups (broad SMARTS) is 1. The molecule has 0 spiro atoms. The van der Waals surface area contributed by atoms with E-state index in [0.717, 1.165) is 0 Å². The number of aromatic nitrogens is 2. The van der Waals surface area contributed by atoms with E-state index in [4.69, 9.17) is 33.0 Å². The molecule has 6 nitrogen and oxygen atoms in total. The second-order valence-electron chi connectivity index (χ2n) is 5.77. The molecule has 0 aliphatic rings. The van der Waals surface area contributed by atoms with E-state index in [1.165, 1.54) is 31.5 Å². The Morgan fingerprint density at radius 3 is 2.59 bits per heavy atom. The summed E-state index contributed by atoms with van der Waals surface area (Å²) >= 11 is 12.0. The number of methoxy groups -OCH3 is 1. The molecule has 1 N–H and O–H groups in total. The molecule has 0 fully saturated rings. The van der Waals surface area contributed by atoms with Crippen LogP contribution in [-0.4, -0.2) is 33.5 Å². The highest BCUT2D eigenvalue weighted by Crippen LogP contribution is 2.33. The van der Waals surface area contributed by atoms with Gasteiger partial charge in [-0.25, -0.2) is 9.18 Å². The van der Waals surface area contributed by atoms with Crippen LogP contribution in [0.15, 0.2) is 24.4 Å². The van der Waals surface area contributed by atoms with Crippen molar-refractivity contribution in [3.8, 4) is 5.75 Å². The Hall–Kier alpha value is -2.64. The van der Waals surface area contributed by atoms with E-state index in [2.05, 4.69) is 4.98 Å². The number of carboxylic acids is 1. The van der Waals surface area contributed by atoms with Gasteiger partial charge < -0.3 is 14.4 Å². The summed E-state index contributed by atoms with van der Waals surface area (Å²) < 4.78 is 20.8. The lowest BCUT2D eigenvalue weighted by Gasteiger charge is -2.10. The lowest BCUT2D eigenvalue weighted by atomic mass is 10.1. The average Bonchev–Trinajstić information content (AvgIpc) is 2.86. The number of fused-ring (bicyclic) bond motifs is 1. The van der Waals surface area contributed by atoms with Crippen molar-refractivity contribution >= 4 is 45.9 Å². The van der Waals surface area contributed by atoms with Crippen molar-refractivity contribution in [2.45, 2.75) is 13.5 Å². The molecule has 1 aromatic carbocycles. The van der Waals surface area contributed by atoms with Crippen molar-refractivity contribution in [3.05, 3.63) is 57.2 Å². The molecule has 0 unspecified atom stereocenters. The summed E-state index contributed by atoms with van der Waals surface area (Å²) in [4.78, 5) is 27.7. The van der Waals surface area contributed by atoms with E-state index in [1.807, 2.05) is 0 Å². The van der Waals surface area contributed by atoms with E-state index >= 15 is 0 Å². The number of ether oxygens (including phenoxy) is 1. The number of benzene rings is 1. The third-order valence-electron chi connectivity index (χ3n) is 4.21. The van der Waals surface area contributed by atoms with E-state index in [9.17, 15) is 14.0 Å². The number of ketones is 1. The zero-order valence-electron chi connectivity index (χ0n) is 14.2. The van der Waals surface area contributed by atoms with Crippen LogP contribution in [0.2, 0.25) is 10.0 Å². The molecule has 27 heavy (non-hydrogen) atoms. The van der Waals surface area contributed by atoms with Gasteiger partial charge in [0, 0.05) is 23.3 Å². The lowest BCUT2D eigenvalue weighted by molar-refractivity contribution is -0.131. The van der Waals surface area contributed by atoms with Crippen LogP contribution in [0.1, 0.15) is 21.7 Å². The van der Waals surface area contributed by atoms with E-state index in [0.29, 0.717) is 26.9 Å². The normalized spacial score (nSPS) is 11.0. The van der Waals surface area contributed by atoms with Crippen LogP contribution in [0, 0.1) is 12.7 Å². The molecule has 0 bridgehead atoms. The number of nitrogens with zero attached hydrogens (tertiary/aromatic N) is 2.